The summed E-state index contributed by atoms with van der Waals surface area (Å²) in [6.07, 6.45) is 9.65. The van der Waals surface area contributed by atoms with Crippen LogP contribution >= 0.6 is 0 Å². The third-order valence-corrected chi connectivity index (χ3v) is 2.66. The highest BCUT2D eigenvalue weighted by atomic mass is 24.3. The third kappa shape index (κ3) is 12.2. The first-order chi connectivity index (χ1) is 6.68. The highest BCUT2D eigenvalue weighted by molar-refractivity contribution is 5.75. The Labute approximate surface area is 110 Å². The summed E-state index contributed by atoms with van der Waals surface area (Å²) in [5.74, 6) is -0.818. The first-order valence-corrected chi connectivity index (χ1v) is 5.91. The Morgan fingerprint density at radius 3 is 2.00 bits per heavy atom. The molecule has 0 radical (unpaired) electrons. The number of rotatable bonds is 9. The van der Waals surface area contributed by atoms with Crippen LogP contribution in [-0.2, 0) is 4.79 Å². The van der Waals surface area contributed by atoms with E-state index in [1.54, 1.807) is 6.92 Å². The van der Waals surface area contributed by atoms with Crippen LogP contribution in [0.3, 0.4) is 0 Å². The Morgan fingerprint density at radius 1 is 1.07 bits per heavy atom. The monoisotopic (exact) mass is 226 g/mol. The summed E-state index contributed by atoms with van der Waals surface area (Å²) in [6.45, 7) is 4.01. The maximum Gasteiger partial charge on any atom is 0.316 e. The van der Waals surface area contributed by atoms with Crippen molar-refractivity contribution in [2.24, 2.45) is 5.92 Å². The second-order valence-corrected chi connectivity index (χ2v) is 4.15. The molecule has 15 heavy (non-hydrogen) atoms. The Hall–Kier alpha value is 0.236. The van der Waals surface area contributed by atoms with Crippen LogP contribution in [-0.4, -0.2) is 34.1 Å². The summed E-state index contributed by atoms with van der Waals surface area (Å²) in [7, 11) is 0. The Balaban J connectivity index is 0. The zero-order valence-corrected chi connectivity index (χ0v) is 9.59. The lowest BCUT2D eigenvalue weighted by atomic mass is 10.0. The fraction of sp³-hybridized carbons (Fsp3) is 0.917. The summed E-state index contributed by atoms with van der Waals surface area (Å²) in [5.41, 5.74) is 0. The topological polar surface area (TPSA) is 37.3 Å². The summed E-state index contributed by atoms with van der Waals surface area (Å²) in [5, 5.41) is 8.65. The molecule has 0 amide bonds. The van der Waals surface area contributed by atoms with Crippen molar-refractivity contribution in [2.75, 3.05) is 0 Å². The summed E-state index contributed by atoms with van der Waals surface area (Å²) in [4.78, 5) is 10.5. The van der Waals surface area contributed by atoms with Crippen LogP contribution in [0.5, 0.6) is 0 Å². The van der Waals surface area contributed by atoms with Gasteiger partial charge in [0.1, 0.15) is 0 Å². The van der Waals surface area contributed by atoms with Gasteiger partial charge in [0, 0.05) is 0 Å². The standard InChI is InChI=1S/C12H24O2.Mg.2H/c1-3-4-5-6-7-8-9-10-11(2)12(13)14;;;/h11H,3-10H2,1-2H3,(H,13,14);;;. The lowest BCUT2D eigenvalue weighted by Crippen LogP contribution is -2.08. The molecular formula is C12H26MgO2. The minimum absolute atomic E-state index is 0. The molecule has 0 aromatic heterocycles. The van der Waals surface area contributed by atoms with E-state index in [1.807, 2.05) is 0 Å². The van der Waals surface area contributed by atoms with E-state index in [1.165, 1.54) is 38.5 Å². The number of aliphatic carboxylic acids is 1. The molecule has 2 nitrogen and oxygen atoms in total. The first kappa shape index (κ1) is 17.6. The molecule has 1 N–H and O–H groups in total. The second kappa shape index (κ2) is 12.3. The van der Waals surface area contributed by atoms with E-state index in [0.29, 0.717) is 0 Å². The van der Waals surface area contributed by atoms with Gasteiger partial charge in [0.2, 0.25) is 0 Å². The molecular weight excluding hydrogens is 200 g/mol. The lowest BCUT2D eigenvalue weighted by Gasteiger charge is -2.05. The van der Waals surface area contributed by atoms with Crippen LogP contribution in [0.4, 0.5) is 0 Å². The Kier molecular flexibility index (Phi) is 14.5. The van der Waals surface area contributed by atoms with Gasteiger partial charge in [-0.1, -0.05) is 58.8 Å². The van der Waals surface area contributed by atoms with Crippen molar-refractivity contribution in [3.63, 3.8) is 0 Å². The molecule has 0 aromatic carbocycles. The number of unbranched alkanes of at least 4 members (excludes halogenated alkanes) is 6. The summed E-state index contributed by atoms with van der Waals surface area (Å²) < 4.78 is 0. The predicted octanol–water partition coefficient (Wildman–Crippen LogP) is 2.93. The van der Waals surface area contributed by atoms with Gasteiger partial charge in [-0.2, -0.15) is 0 Å². The maximum absolute atomic E-state index is 10.5. The Bertz CT molecular complexity index is 149. The zero-order chi connectivity index (χ0) is 10.8. The largest absolute Gasteiger partial charge is 0.481 e. The fourth-order valence-electron chi connectivity index (χ4n) is 1.53. The molecule has 0 saturated carbocycles. The first-order valence-electron chi connectivity index (χ1n) is 5.91. The number of carbonyl (C=O) groups is 1. The van der Waals surface area contributed by atoms with Crippen molar-refractivity contribution in [1.82, 2.24) is 0 Å². The number of carboxylic acid groups (broad SMARTS) is 1. The van der Waals surface area contributed by atoms with Crippen molar-refractivity contribution < 1.29 is 9.90 Å². The van der Waals surface area contributed by atoms with Gasteiger partial charge < -0.3 is 5.11 Å². The van der Waals surface area contributed by atoms with Crippen molar-refractivity contribution in [2.45, 2.75) is 65.2 Å². The van der Waals surface area contributed by atoms with Gasteiger partial charge >= 0.3 is 29.0 Å². The molecule has 0 bridgehead atoms. The third-order valence-electron chi connectivity index (χ3n) is 2.66. The van der Waals surface area contributed by atoms with Crippen molar-refractivity contribution >= 4 is 29.0 Å². The van der Waals surface area contributed by atoms with Crippen molar-refractivity contribution in [1.29, 1.82) is 0 Å². The fourth-order valence-corrected chi connectivity index (χ4v) is 1.53. The van der Waals surface area contributed by atoms with E-state index in [2.05, 4.69) is 6.92 Å². The van der Waals surface area contributed by atoms with E-state index in [-0.39, 0.29) is 29.0 Å². The molecule has 1 unspecified atom stereocenters. The van der Waals surface area contributed by atoms with Gasteiger partial charge in [-0.3, -0.25) is 4.79 Å². The smallest absolute Gasteiger partial charge is 0.316 e. The van der Waals surface area contributed by atoms with Gasteiger partial charge in [-0.15, -0.1) is 0 Å². The van der Waals surface area contributed by atoms with Gasteiger partial charge in [-0.05, 0) is 6.42 Å². The summed E-state index contributed by atoms with van der Waals surface area (Å²) >= 11 is 0. The molecule has 1 atom stereocenters. The molecule has 3 heteroatoms. The van der Waals surface area contributed by atoms with Crippen LogP contribution in [0, 0.1) is 5.92 Å². The van der Waals surface area contributed by atoms with Gasteiger partial charge in [0.05, 0.1) is 5.92 Å². The number of carboxylic acids is 1. The highest BCUT2D eigenvalue weighted by Crippen LogP contribution is 2.12. The van der Waals surface area contributed by atoms with E-state index < -0.39 is 5.97 Å². The minimum atomic E-state index is -0.656. The normalized spacial score (nSPS) is 11.9. The quantitative estimate of drug-likeness (QED) is 0.485. The second-order valence-electron chi connectivity index (χ2n) is 4.15. The molecule has 0 fully saturated rings. The Morgan fingerprint density at radius 2 is 1.53 bits per heavy atom. The van der Waals surface area contributed by atoms with Crippen LogP contribution in [0.15, 0.2) is 0 Å². The zero-order valence-electron chi connectivity index (χ0n) is 9.59. The minimum Gasteiger partial charge on any atom is -0.481 e. The molecule has 0 aliphatic heterocycles. The van der Waals surface area contributed by atoms with Crippen LogP contribution in [0.1, 0.15) is 65.2 Å². The maximum atomic E-state index is 10.5. The van der Waals surface area contributed by atoms with Gasteiger partial charge in [0.25, 0.3) is 0 Å². The van der Waals surface area contributed by atoms with Crippen molar-refractivity contribution in [3.8, 4) is 0 Å². The molecule has 0 saturated heterocycles. The van der Waals surface area contributed by atoms with E-state index >= 15 is 0 Å². The lowest BCUT2D eigenvalue weighted by molar-refractivity contribution is -0.141. The van der Waals surface area contributed by atoms with Crippen LogP contribution in [0.25, 0.3) is 0 Å². The molecule has 0 aliphatic rings. The average Bonchev–Trinajstić information content (AvgIpc) is 2.16. The van der Waals surface area contributed by atoms with E-state index in [9.17, 15) is 4.79 Å². The molecule has 88 valence electrons. The molecule has 0 spiro atoms. The predicted molar refractivity (Wildman–Crippen MR) is 68.0 cm³/mol. The molecule has 0 heterocycles. The van der Waals surface area contributed by atoms with E-state index in [4.69, 9.17) is 5.11 Å². The van der Waals surface area contributed by atoms with E-state index in [0.717, 1.165) is 12.8 Å². The SMILES string of the molecule is CCCCCCCCCC(C)C(=O)O.[MgH2]. The van der Waals surface area contributed by atoms with Crippen LogP contribution < -0.4 is 0 Å². The molecule has 0 rings (SSSR count). The summed E-state index contributed by atoms with van der Waals surface area (Å²) in [6, 6.07) is 0. The number of hydrogen-bond acceptors (Lipinski definition) is 1. The van der Waals surface area contributed by atoms with Crippen LogP contribution in [0.2, 0.25) is 0 Å². The molecule has 0 aliphatic carbocycles. The van der Waals surface area contributed by atoms with Gasteiger partial charge in [-0.25, -0.2) is 0 Å². The average molecular weight is 227 g/mol. The highest BCUT2D eigenvalue weighted by Gasteiger charge is 2.09. The molecule has 0 aromatic rings. The number of hydrogen-bond donors (Lipinski definition) is 1. The van der Waals surface area contributed by atoms with Crippen molar-refractivity contribution in [3.05, 3.63) is 0 Å². The van der Waals surface area contributed by atoms with Gasteiger partial charge in [0.15, 0.2) is 0 Å².